The first kappa shape index (κ1) is 32.4. The van der Waals surface area contributed by atoms with Gasteiger partial charge in [0.2, 0.25) is 17.7 Å². The summed E-state index contributed by atoms with van der Waals surface area (Å²) in [6, 6.07) is 8.74. The summed E-state index contributed by atoms with van der Waals surface area (Å²) in [5.41, 5.74) is 9.32. The number of hydrogen-bond donors (Lipinski definition) is 9. The van der Waals surface area contributed by atoms with Gasteiger partial charge < -0.3 is 46.8 Å². The number of nitrogens with two attached hydrogens (primary N) is 1. The normalized spacial score (nSPS) is 13.7. The fourth-order valence-electron chi connectivity index (χ4n) is 5.16. The van der Waals surface area contributed by atoms with Gasteiger partial charge in [-0.05, 0) is 29.3 Å². The lowest BCUT2D eigenvalue weighted by Gasteiger charge is -2.25. The second-order valence-electron chi connectivity index (χ2n) is 11.1. The van der Waals surface area contributed by atoms with Crippen molar-refractivity contribution in [3.8, 4) is 5.75 Å². The average Bonchev–Trinajstić information content (AvgIpc) is 3.84. The molecule has 0 fully saturated rings. The van der Waals surface area contributed by atoms with E-state index in [9.17, 15) is 29.4 Å². The Balaban J connectivity index is 1.39. The first-order valence-corrected chi connectivity index (χ1v) is 14.8. The smallest absolute Gasteiger partial charge is 0.326 e. The number of rotatable bonds is 15. The second kappa shape index (κ2) is 14.9. The van der Waals surface area contributed by atoms with Crippen LogP contribution in [0.15, 0.2) is 79.8 Å². The van der Waals surface area contributed by atoms with E-state index in [1.807, 2.05) is 24.3 Å². The van der Waals surface area contributed by atoms with Crippen molar-refractivity contribution < 1.29 is 29.4 Å². The third kappa shape index (κ3) is 8.61. The summed E-state index contributed by atoms with van der Waals surface area (Å²) in [5, 5.41) is 28.4. The van der Waals surface area contributed by atoms with Gasteiger partial charge in [-0.2, -0.15) is 0 Å². The third-order valence-corrected chi connectivity index (χ3v) is 7.64. The van der Waals surface area contributed by atoms with E-state index in [4.69, 9.17) is 5.73 Å². The number of para-hydroxylation sites is 1. The summed E-state index contributed by atoms with van der Waals surface area (Å²) >= 11 is 0. The summed E-state index contributed by atoms with van der Waals surface area (Å²) in [5.74, 6) is -3.32. The number of imidazole rings is 2. The van der Waals surface area contributed by atoms with Crippen molar-refractivity contribution in [2.75, 3.05) is 0 Å². The number of nitrogens with zero attached hydrogens (tertiary/aromatic N) is 2. The predicted molar refractivity (Wildman–Crippen MR) is 170 cm³/mol. The Morgan fingerprint density at radius 1 is 0.723 bits per heavy atom. The van der Waals surface area contributed by atoms with E-state index in [2.05, 4.69) is 40.9 Å². The highest BCUT2D eigenvalue weighted by Crippen LogP contribution is 2.20. The van der Waals surface area contributed by atoms with Crippen LogP contribution in [0.1, 0.15) is 22.5 Å². The van der Waals surface area contributed by atoms with Gasteiger partial charge in [0, 0.05) is 55.2 Å². The molecule has 0 saturated carbocycles. The summed E-state index contributed by atoms with van der Waals surface area (Å²) in [6.07, 6.45) is 7.78. The van der Waals surface area contributed by atoms with Crippen molar-refractivity contribution in [1.29, 1.82) is 0 Å². The van der Waals surface area contributed by atoms with Crippen LogP contribution in [0, 0.1) is 0 Å². The standard InChI is InChI=1S/C32H35N9O6/c33-24(11-20-14-34-16-37-20)29(43)39-27(10-19-13-36-25-4-2-1-3-23(19)25)31(45)40-26(9-18-5-7-22(42)8-6-18)30(44)41-28(32(46)47)12-21-15-35-17-38-21/h1-8,13-17,24,26-28,36,42H,9-12,33H2,(H,34,37)(H,35,38)(H,39,43)(H,40,45)(H,41,44)(H,46,47)/t24-,26-,27-,28-/m0/s1. The zero-order chi connectivity index (χ0) is 33.3. The molecule has 244 valence electrons. The minimum absolute atomic E-state index is 0.0106. The molecule has 0 radical (unpaired) electrons. The number of amides is 3. The number of carbonyl (C=O) groups excluding carboxylic acids is 3. The number of carbonyl (C=O) groups is 4. The number of aromatic hydroxyl groups is 1. The van der Waals surface area contributed by atoms with E-state index in [1.165, 1.54) is 31.0 Å². The largest absolute Gasteiger partial charge is 0.508 e. The van der Waals surface area contributed by atoms with Crippen LogP contribution < -0.4 is 21.7 Å². The maximum atomic E-state index is 14.0. The van der Waals surface area contributed by atoms with Crippen molar-refractivity contribution in [1.82, 2.24) is 40.9 Å². The first-order valence-electron chi connectivity index (χ1n) is 14.8. The molecule has 0 saturated heterocycles. The lowest BCUT2D eigenvalue weighted by Crippen LogP contribution is -2.58. The summed E-state index contributed by atoms with van der Waals surface area (Å²) in [7, 11) is 0. The number of H-pyrrole nitrogens is 3. The Labute approximate surface area is 268 Å². The highest BCUT2D eigenvalue weighted by atomic mass is 16.4. The van der Waals surface area contributed by atoms with Crippen LogP contribution in [0.25, 0.3) is 10.9 Å². The van der Waals surface area contributed by atoms with Gasteiger partial charge >= 0.3 is 5.97 Å². The summed E-state index contributed by atoms with van der Waals surface area (Å²) in [6.45, 7) is 0. The number of aromatic amines is 3. The fourth-order valence-corrected chi connectivity index (χ4v) is 5.16. The Hall–Kier alpha value is -5.96. The average molecular weight is 642 g/mol. The number of benzene rings is 2. The van der Waals surface area contributed by atoms with E-state index < -0.39 is 47.9 Å². The van der Waals surface area contributed by atoms with Crippen LogP contribution in [-0.4, -0.2) is 83.0 Å². The molecule has 5 rings (SSSR count). The van der Waals surface area contributed by atoms with E-state index in [0.29, 0.717) is 17.0 Å². The van der Waals surface area contributed by atoms with Gasteiger partial charge in [-0.15, -0.1) is 0 Å². The molecule has 15 heteroatoms. The van der Waals surface area contributed by atoms with Gasteiger partial charge in [0.25, 0.3) is 0 Å². The Kier molecular flexibility index (Phi) is 10.3. The third-order valence-electron chi connectivity index (χ3n) is 7.64. The van der Waals surface area contributed by atoms with Gasteiger partial charge in [0.15, 0.2) is 0 Å². The molecule has 0 bridgehead atoms. The molecule has 4 atom stereocenters. The number of phenolic OH excluding ortho intramolecular Hbond substituents is 1. The number of nitrogens with one attached hydrogen (secondary N) is 6. The fraction of sp³-hybridized carbons (Fsp3) is 0.250. The molecule has 3 aromatic heterocycles. The van der Waals surface area contributed by atoms with Gasteiger partial charge in [0.05, 0.1) is 30.1 Å². The number of carboxylic acid groups (broad SMARTS) is 1. The molecule has 3 heterocycles. The number of carboxylic acids is 1. The van der Waals surface area contributed by atoms with E-state index in [1.54, 1.807) is 24.5 Å². The van der Waals surface area contributed by atoms with Crippen LogP contribution in [0.3, 0.4) is 0 Å². The van der Waals surface area contributed by atoms with Crippen molar-refractivity contribution in [3.63, 3.8) is 0 Å². The molecule has 5 aromatic rings. The van der Waals surface area contributed by atoms with Crippen molar-refractivity contribution >= 4 is 34.6 Å². The van der Waals surface area contributed by atoms with E-state index in [-0.39, 0.29) is 31.4 Å². The van der Waals surface area contributed by atoms with Crippen molar-refractivity contribution in [2.45, 2.75) is 49.9 Å². The molecular weight excluding hydrogens is 606 g/mol. The zero-order valence-electron chi connectivity index (χ0n) is 25.1. The molecule has 10 N–H and O–H groups in total. The second-order valence-corrected chi connectivity index (χ2v) is 11.1. The van der Waals surface area contributed by atoms with Crippen LogP contribution >= 0.6 is 0 Å². The Morgan fingerprint density at radius 2 is 1.32 bits per heavy atom. The molecule has 0 aliphatic carbocycles. The van der Waals surface area contributed by atoms with Crippen LogP contribution in [0.4, 0.5) is 0 Å². The quantitative estimate of drug-likeness (QED) is 0.0769. The number of aromatic nitrogens is 5. The summed E-state index contributed by atoms with van der Waals surface area (Å²) in [4.78, 5) is 69.8. The summed E-state index contributed by atoms with van der Waals surface area (Å²) < 4.78 is 0. The molecule has 3 amide bonds. The number of fused-ring (bicyclic) bond motifs is 1. The maximum absolute atomic E-state index is 14.0. The molecule has 0 aliphatic rings. The number of phenols is 1. The number of aliphatic carboxylic acids is 1. The molecule has 0 unspecified atom stereocenters. The Morgan fingerprint density at radius 3 is 1.96 bits per heavy atom. The van der Waals surface area contributed by atoms with Gasteiger partial charge in [-0.25, -0.2) is 14.8 Å². The van der Waals surface area contributed by atoms with Crippen molar-refractivity contribution in [3.05, 3.63) is 102 Å². The molecule has 47 heavy (non-hydrogen) atoms. The van der Waals surface area contributed by atoms with Gasteiger partial charge in [0.1, 0.15) is 23.9 Å². The minimum atomic E-state index is -1.34. The lowest BCUT2D eigenvalue weighted by atomic mass is 10.0. The highest BCUT2D eigenvalue weighted by Gasteiger charge is 2.31. The molecule has 0 spiro atoms. The highest BCUT2D eigenvalue weighted by molar-refractivity contribution is 5.95. The maximum Gasteiger partial charge on any atom is 0.326 e. The molecule has 2 aromatic carbocycles. The van der Waals surface area contributed by atoms with E-state index in [0.717, 1.165) is 16.5 Å². The van der Waals surface area contributed by atoms with Crippen LogP contribution in [-0.2, 0) is 44.9 Å². The SMILES string of the molecule is N[C@@H](Cc1c[nH]cn1)C(=O)N[C@@H](Cc1c[nH]c2ccccc12)C(=O)N[C@@H](Cc1ccc(O)cc1)C(=O)N[C@@H](Cc1c[nH]cn1)C(=O)O. The van der Waals surface area contributed by atoms with Crippen LogP contribution in [0.2, 0.25) is 0 Å². The van der Waals surface area contributed by atoms with Gasteiger partial charge in [-0.1, -0.05) is 30.3 Å². The minimum Gasteiger partial charge on any atom is -0.508 e. The Bertz CT molecular complexity index is 1800. The molecular formula is C32H35N9O6. The number of hydrogen-bond acceptors (Lipinski definition) is 8. The lowest BCUT2D eigenvalue weighted by molar-refractivity contribution is -0.142. The predicted octanol–water partition coefficient (Wildman–Crippen LogP) is 0.457. The van der Waals surface area contributed by atoms with Crippen LogP contribution in [0.5, 0.6) is 5.75 Å². The first-order chi connectivity index (χ1) is 22.7. The zero-order valence-corrected chi connectivity index (χ0v) is 25.1. The topological polar surface area (TPSA) is 244 Å². The molecule has 15 nitrogen and oxygen atoms in total. The monoisotopic (exact) mass is 641 g/mol. The van der Waals surface area contributed by atoms with E-state index >= 15 is 0 Å². The van der Waals surface area contributed by atoms with Crippen molar-refractivity contribution in [2.24, 2.45) is 5.73 Å². The van der Waals surface area contributed by atoms with Gasteiger partial charge in [-0.3, -0.25) is 14.4 Å². The molecule has 0 aliphatic heterocycles.